The van der Waals surface area contributed by atoms with Crippen LogP contribution in [0, 0.1) is 23.7 Å². The number of piperidine rings is 1. The van der Waals surface area contributed by atoms with Crippen LogP contribution in [0.5, 0.6) is 0 Å². The van der Waals surface area contributed by atoms with Crippen LogP contribution in [0.15, 0.2) is 0 Å². The summed E-state index contributed by atoms with van der Waals surface area (Å²) in [6.07, 6.45) is 13.1. The molecule has 0 aromatic carbocycles. The van der Waals surface area contributed by atoms with Crippen molar-refractivity contribution in [2.75, 3.05) is 13.2 Å². The van der Waals surface area contributed by atoms with Crippen molar-refractivity contribution < 1.29 is 9.84 Å². The van der Waals surface area contributed by atoms with Crippen LogP contribution >= 0.6 is 0 Å². The van der Waals surface area contributed by atoms with E-state index < -0.39 is 0 Å². The van der Waals surface area contributed by atoms with Gasteiger partial charge in [0, 0.05) is 18.1 Å². The Morgan fingerprint density at radius 2 is 1.93 bits per heavy atom. The molecule has 5 rings (SSSR count). The third-order valence-electron chi connectivity index (χ3n) is 8.81. The van der Waals surface area contributed by atoms with E-state index in [0.29, 0.717) is 18.3 Å². The molecule has 0 spiro atoms. The summed E-state index contributed by atoms with van der Waals surface area (Å²) in [7, 11) is 0. The van der Waals surface area contributed by atoms with Gasteiger partial charge in [-0.3, -0.25) is 0 Å². The van der Waals surface area contributed by atoms with Crippen molar-refractivity contribution in [2.24, 2.45) is 35.1 Å². The molecule has 7 atom stereocenters. The first-order valence-corrected chi connectivity index (χ1v) is 11.9. The maximum Gasteiger partial charge on any atom is 0.0735 e. The molecule has 2 bridgehead atoms. The molecule has 2 aliphatic carbocycles. The van der Waals surface area contributed by atoms with Crippen LogP contribution in [0.4, 0.5) is 0 Å². The van der Waals surface area contributed by atoms with Crippen LogP contribution < -0.4 is 16.8 Å². The second-order valence-electron chi connectivity index (χ2n) is 11.2. The zero-order valence-corrected chi connectivity index (χ0v) is 18.1. The fraction of sp³-hybridized carbons (Fsp3) is 1.00. The molecule has 0 radical (unpaired) electrons. The highest BCUT2D eigenvalue weighted by Gasteiger charge is 2.62. The Morgan fingerprint density at radius 3 is 2.61 bits per heavy atom. The van der Waals surface area contributed by atoms with E-state index in [1.807, 2.05) is 0 Å². The van der Waals surface area contributed by atoms with E-state index in [1.165, 1.54) is 38.5 Å². The molecule has 3 aliphatic heterocycles. The first-order valence-electron chi connectivity index (χ1n) is 11.9. The summed E-state index contributed by atoms with van der Waals surface area (Å²) in [5.41, 5.74) is 12.4. The minimum absolute atomic E-state index is 0.0754. The fourth-order valence-electron chi connectivity index (χ4n) is 7.66. The summed E-state index contributed by atoms with van der Waals surface area (Å²) in [4.78, 5) is 0. The molecule has 0 aromatic heterocycles. The van der Waals surface area contributed by atoms with E-state index in [9.17, 15) is 5.11 Å². The van der Waals surface area contributed by atoms with Gasteiger partial charge in [-0.25, -0.2) is 0 Å². The van der Waals surface area contributed by atoms with Gasteiger partial charge >= 0.3 is 0 Å². The summed E-state index contributed by atoms with van der Waals surface area (Å²) in [6.45, 7) is 5.74. The second kappa shape index (κ2) is 7.81. The third kappa shape index (κ3) is 3.90. The molecule has 162 valence electrons. The monoisotopic (exact) mass is 393 g/mol. The summed E-state index contributed by atoms with van der Waals surface area (Å²) in [6, 6.07) is 0. The van der Waals surface area contributed by atoms with Crippen LogP contribution in [0.25, 0.3) is 0 Å². The average molecular weight is 394 g/mol. The zero-order valence-electron chi connectivity index (χ0n) is 18.1. The standard InChI is InChI=1S/C23H43N3O2/c1-21(2)19-8-9-23(28-21,15-22(19,25)10-11-27)18-5-3-4-16(13-18)12-17-6-7-20(24)26-14-17/h16-20,26-27H,3-15,24-25H2,1-2H3. The summed E-state index contributed by atoms with van der Waals surface area (Å²) in [5.74, 6) is 2.56. The first-order chi connectivity index (χ1) is 13.3. The number of fused-ring (bicyclic) bond motifs is 3. The van der Waals surface area contributed by atoms with Gasteiger partial charge in [-0.15, -0.1) is 0 Å². The van der Waals surface area contributed by atoms with Crippen molar-refractivity contribution in [1.29, 1.82) is 0 Å². The van der Waals surface area contributed by atoms with Crippen molar-refractivity contribution >= 4 is 0 Å². The van der Waals surface area contributed by atoms with Gasteiger partial charge in [0.2, 0.25) is 0 Å². The SMILES string of the molecule is CC1(C)OC2(C3CCCC(CC4CCC(N)NC4)C3)CCC1C(N)(CCO)C2. The molecule has 5 fully saturated rings. The summed E-state index contributed by atoms with van der Waals surface area (Å²) >= 11 is 0. The van der Waals surface area contributed by atoms with Gasteiger partial charge in [0.1, 0.15) is 0 Å². The predicted molar refractivity (Wildman–Crippen MR) is 113 cm³/mol. The van der Waals surface area contributed by atoms with Gasteiger partial charge in [0.15, 0.2) is 0 Å². The van der Waals surface area contributed by atoms with E-state index in [2.05, 4.69) is 19.2 Å². The first kappa shape index (κ1) is 21.0. The normalized spacial score (nSPS) is 48.5. The number of nitrogens with one attached hydrogen (secondary N) is 1. The second-order valence-corrected chi connectivity index (χ2v) is 11.2. The molecular formula is C23H43N3O2. The van der Waals surface area contributed by atoms with Crippen molar-refractivity contribution in [3.8, 4) is 0 Å². The van der Waals surface area contributed by atoms with Crippen molar-refractivity contribution in [3.05, 3.63) is 0 Å². The fourth-order valence-corrected chi connectivity index (χ4v) is 7.66. The number of ether oxygens (including phenoxy) is 1. The highest BCUT2D eigenvalue weighted by molar-refractivity contribution is 5.15. The molecule has 5 aliphatic rings. The van der Waals surface area contributed by atoms with Crippen molar-refractivity contribution in [1.82, 2.24) is 5.32 Å². The Kier molecular flexibility index (Phi) is 5.87. The molecule has 3 heterocycles. The number of hydrogen-bond acceptors (Lipinski definition) is 5. The van der Waals surface area contributed by atoms with Gasteiger partial charge in [-0.1, -0.05) is 12.8 Å². The molecule has 2 saturated carbocycles. The molecule has 0 aromatic rings. The molecular weight excluding hydrogens is 350 g/mol. The summed E-state index contributed by atoms with van der Waals surface area (Å²) in [5, 5.41) is 13.2. The lowest BCUT2D eigenvalue weighted by molar-refractivity contribution is -0.287. The van der Waals surface area contributed by atoms with Gasteiger partial charge in [0.05, 0.1) is 17.4 Å². The predicted octanol–water partition coefficient (Wildman–Crippen LogP) is 2.89. The van der Waals surface area contributed by atoms with Gasteiger partial charge in [-0.05, 0) is 95.9 Å². The smallest absolute Gasteiger partial charge is 0.0735 e. The minimum atomic E-state index is -0.273. The number of nitrogens with two attached hydrogens (primary N) is 2. The summed E-state index contributed by atoms with van der Waals surface area (Å²) < 4.78 is 6.90. The van der Waals surface area contributed by atoms with Crippen LogP contribution in [0.3, 0.4) is 0 Å². The van der Waals surface area contributed by atoms with Crippen molar-refractivity contribution in [3.63, 3.8) is 0 Å². The van der Waals surface area contributed by atoms with E-state index in [4.69, 9.17) is 16.2 Å². The lowest BCUT2D eigenvalue weighted by atomic mass is 9.53. The Bertz CT molecular complexity index is 548. The van der Waals surface area contributed by atoms with Gasteiger partial charge in [0.25, 0.3) is 0 Å². The van der Waals surface area contributed by atoms with Crippen LogP contribution in [-0.2, 0) is 4.74 Å². The zero-order chi connectivity index (χ0) is 20.0. The Balaban J connectivity index is 1.46. The lowest BCUT2D eigenvalue weighted by Gasteiger charge is -2.65. The minimum Gasteiger partial charge on any atom is -0.396 e. The number of aliphatic hydroxyl groups is 1. The molecule has 28 heavy (non-hydrogen) atoms. The molecule has 0 amide bonds. The third-order valence-corrected chi connectivity index (χ3v) is 8.81. The number of aliphatic hydroxyl groups excluding tert-OH is 1. The van der Waals surface area contributed by atoms with Gasteiger partial charge < -0.3 is 26.6 Å². The van der Waals surface area contributed by atoms with E-state index >= 15 is 0 Å². The Morgan fingerprint density at radius 1 is 1.11 bits per heavy atom. The lowest BCUT2D eigenvalue weighted by Crippen LogP contribution is -2.72. The van der Waals surface area contributed by atoms with Crippen molar-refractivity contribution in [2.45, 2.75) is 107 Å². The highest BCUT2D eigenvalue weighted by Crippen LogP contribution is 2.59. The Hall–Kier alpha value is -0.200. The maximum absolute atomic E-state index is 9.68. The molecule has 3 saturated heterocycles. The maximum atomic E-state index is 9.68. The van der Waals surface area contributed by atoms with E-state index in [0.717, 1.165) is 44.1 Å². The quantitative estimate of drug-likeness (QED) is 0.576. The molecule has 6 N–H and O–H groups in total. The van der Waals surface area contributed by atoms with Crippen LogP contribution in [0.1, 0.15) is 84.5 Å². The number of rotatable bonds is 5. The Labute approximate surface area is 171 Å². The average Bonchev–Trinajstić information content (AvgIpc) is 2.63. The topological polar surface area (TPSA) is 93.5 Å². The van der Waals surface area contributed by atoms with Crippen LogP contribution in [0.2, 0.25) is 0 Å². The molecule has 5 heteroatoms. The number of hydrogen-bond donors (Lipinski definition) is 4. The largest absolute Gasteiger partial charge is 0.396 e. The molecule has 7 unspecified atom stereocenters. The van der Waals surface area contributed by atoms with Crippen LogP contribution in [-0.4, -0.2) is 41.2 Å². The molecule has 5 nitrogen and oxygen atoms in total. The highest BCUT2D eigenvalue weighted by atomic mass is 16.5. The van der Waals surface area contributed by atoms with E-state index in [-0.39, 0.29) is 29.5 Å². The van der Waals surface area contributed by atoms with Gasteiger partial charge in [-0.2, -0.15) is 0 Å². The van der Waals surface area contributed by atoms with E-state index in [1.54, 1.807) is 0 Å².